The van der Waals surface area contributed by atoms with Crippen molar-refractivity contribution < 1.29 is 4.74 Å². The van der Waals surface area contributed by atoms with Gasteiger partial charge in [0.1, 0.15) is 5.82 Å². The summed E-state index contributed by atoms with van der Waals surface area (Å²) < 4.78 is 8.20. The highest BCUT2D eigenvalue weighted by Gasteiger charge is 2.44. The summed E-state index contributed by atoms with van der Waals surface area (Å²) in [4.78, 5) is 4.56. The van der Waals surface area contributed by atoms with Gasteiger partial charge in [-0.3, -0.25) is 0 Å². The van der Waals surface area contributed by atoms with Crippen LogP contribution in [0.25, 0.3) is 0 Å². The molecule has 4 heteroatoms. The molecular formula is C15H25N3O. The van der Waals surface area contributed by atoms with Crippen molar-refractivity contribution in [2.24, 2.45) is 13.0 Å². The van der Waals surface area contributed by atoms with Crippen molar-refractivity contribution in [2.45, 2.75) is 50.7 Å². The van der Waals surface area contributed by atoms with Gasteiger partial charge in [-0.1, -0.05) is 6.92 Å². The Kier molecular flexibility index (Phi) is 3.63. The minimum Gasteiger partial charge on any atom is -0.375 e. The van der Waals surface area contributed by atoms with Crippen LogP contribution in [0.1, 0.15) is 50.9 Å². The molecule has 1 saturated carbocycles. The highest BCUT2D eigenvalue weighted by Crippen LogP contribution is 2.46. The standard InChI is InChI=1S/C15H25N3O/c1-3-16-13(14-17-8-9-18(14)2)12-5-10-19-15(11-12)6-4-7-15/h8-9,12-13,16H,3-7,10-11H2,1-2H3. The van der Waals surface area contributed by atoms with Gasteiger partial charge in [-0.05, 0) is 44.6 Å². The van der Waals surface area contributed by atoms with Gasteiger partial charge < -0.3 is 14.6 Å². The smallest absolute Gasteiger partial charge is 0.125 e. The number of nitrogens with one attached hydrogen (secondary N) is 1. The Balaban J connectivity index is 1.78. The minimum absolute atomic E-state index is 0.210. The van der Waals surface area contributed by atoms with E-state index in [4.69, 9.17) is 4.74 Å². The molecule has 1 aromatic rings. The van der Waals surface area contributed by atoms with E-state index in [0.29, 0.717) is 12.0 Å². The monoisotopic (exact) mass is 263 g/mol. The van der Waals surface area contributed by atoms with Crippen LogP contribution in [-0.2, 0) is 11.8 Å². The van der Waals surface area contributed by atoms with Gasteiger partial charge in [-0.2, -0.15) is 0 Å². The van der Waals surface area contributed by atoms with E-state index in [0.717, 1.165) is 19.6 Å². The normalized spacial score (nSPS) is 27.2. The van der Waals surface area contributed by atoms with E-state index in [-0.39, 0.29) is 5.60 Å². The quantitative estimate of drug-likeness (QED) is 0.906. The highest BCUT2D eigenvalue weighted by molar-refractivity contribution is 5.05. The van der Waals surface area contributed by atoms with E-state index in [1.165, 1.54) is 31.5 Å². The molecule has 0 bridgehead atoms. The number of aryl methyl sites for hydroxylation is 1. The van der Waals surface area contributed by atoms with E-state index in [1.807, 2.05) is 12.4 Å². The van der Waals surface area contributed by atoms with Crippen molar-refractivity contribution >= 4 is 0 Å². The van der Waals surface area contributed by atoms with E-state index in [9.17, 15) is 0 Å². The molecule has 2 aliphatic rings. The highest BCUT2D eigenvalue weighted by atomic mass is 16.5. The molecule has 0 aromatic carbocycles. The zero-order valence-electron chi connectivity index (χ0n) is 12.1. The van der Waals surface area contributed by atoms with E-state index in [1.54, 1.807) is 0 Å². The lowest BCUT2D eigenvalue weighted by Gasteiger charge is -2.48. The van der Waals surface area contributed by atoms with Gasteiger partial charge in [-0.15, -0.1) is 0 Å². The fourth-order valence-electron chi connectivity index (χ4n) is 3.64. The zero-order chi connectivity index (χ0) is 13.3. The number of hydrogen-bond acceptors (Lipinski definition) is 3. The Morgan fingerprint density at radius 2 is 2.42 bits per heavy atom. The molecule has 19 heavy (non-hydrogen) atoms. The summed E-state index contributed by atoms with van der Waals surface area (Å²) in [5, 5.41) is 3.64. The third-order valence-corrected chi connectivity index (χ3v) is 4.83. The molecule has 0 amide bonds. The summed E-state index contributed by atoms with van der Waals surface area (Å²) in [5.74, 6) is 1.82. The Bertz CT molecular complexity index is 425. The fourth-order valence-corrected chi connectivity index (χ4v) is 3.64. The predicted octanol–water partition coefficient (Wildman–Crippen LogP) is 2.42. The van der Waals surface area contributed by atoms with Crippen LogP contribution >= 0.6 is 0 Å². The second-order valence-electron chi connectivity index (χ2n) is 6.07. The molecule has 2 fully saturated rings. The topological polar surface area (TPSA) is 39.1 Å². The molecule has 1 N–H and O–H groups in total. The molecule has 106 valence electrons. The average Bonchev–Trinajstić information content (AvgIpc) is 2.80. The van der Waals surface area contributed by atoms with Gasteiger partial charge in [0.05, 0.1) is 11.6 Å². The number of imidazole rings is 1. The summed E-state index contributed by atoms with van der Waals surface area (Å²) in [6, 6.07) is 0.367. The van der Waals surface area contributed by atoms with Crippen LogP contribution < -0.4 is 5.32 Å². The van der Waals surface area contributed by atoms with Gasteiger partial charge in [-0.25, -0.2) is 4.98 Å². The molecular weight excluding hydrogens is 238 g/mol. The van der Waals surface area contributed by atoms with E-state index in [2.05, 4.69) is 28.8 Å². The second-order valence-corrected chi connectivity index (χ2v) is 6.07. The SMILES string of the molecule is CCNC(c1nccn1C)C1CCOC2(CCC2)C1. The Labute approximate surface area is 115 Å². The first kappa shape index (κ1) is 13.1. The molecule has 2 heterocycles. The first-order valence-corrected chi connectivity index (χ1v) is 7.59. The largest absolute Gasteiger partial charge is 0.375 e. The van der Waals surface area contributed by atoms with Crippen LogP contribution in [0.5, 0.6) is 0 Å². The van der Waals surface area contributed by atoms with Gasteiger partial charge in [0, 0.05) is 26.0 Å². The number of hydrogen-bond donors (Lipinski definition) is 1. The van der Waals surface area contributed by atoms with Crippen LogP contribution in [0, 0.1) is 5.92 Å². The van der Waals surface area contributed by atoms with Crippen LogP contribution in [-0.4, -0.2) is 28.3 Å². The lowest BCUT2D eigenvalue weighted by Crippen LogP contribution is -2.48. The summed E-state index contributed by atoms with van der Waals surface area (Å²) in [6.45, 7) is 4.08. The number of rotatable bonds is 4. The number of ether oxygens (including phenoxy) is 1. The number of nitrogens with zero attached hydrogens (tertiary/aromatic N) is 2. The van der Waals surface area contributed by atoms with Crippen LogP contribution in [0.15, 0.2) is 12.4 Å². The maximum atomic E-state index is 6.05. The second kappa shape index (κ2) is 5.25. The summed E-state index contributed by atoms with van der Waals surface area (Å²) in [7, 11) is 2.09. The molecule has 2 unspecified atom stereocenters. The van der Waals surface area contributed by atoms with Crippen LogP contribution in [0.4, 0.5) is 0 Å². The first-order chi connectivity index (χ1) is 9.24. The van der Waals surface area contributed by atoms with Gasteiger partial charge in [0.2, 0.25) is 0 Å². The van der Waals surface area contributed by atoms with Crippen LogP contribution in [0.3, 0.4) is 0 Å². The maximum Gasteiger partial charge on any atom is 0.125 e. The first-order valence-electron chi connectivity index (χ1n) is 7.59. The molecule has 3 rings (SSSR count). The molecule has 1 aliphatic heterocycles. The van der Waals surface area contributed by atoms with Crippen molar-refractivity contribution in [2.75, 3.05) is 13.2 Å². The lowest BCUT2D eigenvalue weighted by molar-refractivity contribution is -0.147. The summed E-state index contributed by atoms with van der Waals surface area (Å²) in [5.41, 5.74) is 0.210. The molecule has 1 aliphatic carbocycles. The third-order valence-electron chi connectivity index (χ3n) is 4.83. The Morgan fingerprint density at radius 3 is 3.00 bits per heavy atom. The van der Waals surface area contributed by atoms with Crippen molar-refractivity contribution in [3.05, 3.63) is 18.2 Å². The van der Waals surface area contributed by atoms with Crippen molar-refractivity contribution in [1.29, 1.82) is 0 Å². The number of aromatic nitrogens is 2. The van der Waals surface area contributed by atoms with Crippen molar-refractivity contribution in [1.82, 2.24) is 14.9 Å². The molecule has 0 radical (unpaired) electrons. The average molecular weight is 263 g/mol. The van der Waals surface area contributed by atoms with E-state index < -0.39 is 0 Å². The van der Waals surface area contributed by atoms with Crippen molar-refractivity contribution in [3.63, 3.8) is 0 Å². The predicted molar refractivity (Wildman–Crippen MR) is 74.9 cm³/mol. The summed E-state index contributed by atoms with van der Waals surface area (Å²) >= 11 is 0. The Hall–Kier alpha value is -0.870. The van der Waals surface area contributed by atoms with Gasteiger partial charge >= 0.3 is 0 Å². The lowest BCUT2D eigenvalue weighted by atomic mass is 9.70. The Morgan fingerprint density at radius 1 is 1.58 bits per heavy atom. The van der Waals surface area contributed by atoms with Gasteiger partial charge in [0.15, 0.2) is 0 Å². The minimum atomic E-state index is 0.210. The fraction of sp³-hybridized carbons (Fsp3) is 0.800. The van der Waals surface area contributed by atoms with Crippen LogP contribution in [0.2, 0.25) is 0 Å². The third kappa shape index (κ3) is 2.43. The summed E-state index contributed by atoms with van der Waals surface area (Å²) in [6.07, 6.45) is 10.1. The molecule has 1 saturated heterocycles. The maximum absolute atomic E-state index is 6.05. The molecule has 1 aromatic heterocycles. The van der Waals surface area contributed by atoms with E-state index >= 15 is 0 Å². The molecule has 2 atom stereocenters. The zero-order valence-corrected chi connectivity index (χ0v) is 12.1. The molecule has 1 spiro atoms. The molecule has 4 nitrogen and oxygen atoms in total. The van der Waals surface area contributed by atoms with Crippen molar-refractivity contribution in [3.8, 4) is 0 Å². The van der Waals surface area contributed by atoms with Gasteiger partial charge in [0.25, 0.3) is 0 Å².